The van der Waals surface area contributed by atoms with Crippen LogP contribution in [0.3, 0.4) is 0 Å². The molecule has 0 N–H and O–H groups in total. The molecule has 2 rings (SSSR count). The van der Waals surface area contributed by atoms with Crippen molar-refractivity contribution in [2.45, 2.75) is 26.0 Å². The van der Waals surface area contributed by atoms with Crippen LogP contribution < -0.4 is 0 Å². The van der Waals surface area contributed by atoms with Gasteiger partial charge in [-0.25, -0.2) is 0 Å². The van der Waals surface area contributed by atoms with E-state index in [0.29, 0.717) is 6.10 Å². The summed E-state index contributed by atoms with van der Waals surface area (Å²) in [6.45, 7) is 6.26. The van der Waals surface area contributed by atoms with Gasteiger partial charge in [0.2, 0.25) is 0 Å². The van der Waals surface area contributed by atoms with E-state index in [4.69, 9.17) is 4.74 Å². The Kier molecular flexibility index (Phi) is 3.75. The van der Waals surface area contributed by atoms with Crippen molar-refractivity contribution in [2.24, 2.45) is 0 Å². The largest absolute Gasteiger partial charge is 0.376 e. The highest BCUT2D eigenvalue weighted by Gasteiger charge is 2.18. The van der Waals surface area contributed by atoms with E-state index in [0.717, 1.165) is 32.7 Å². The summed E-state index contributed by atoms with van der Waals surface area (Å²) in [5.74, 6) is 0. The number of morpholine rings is 1. The van der Waals surface area contributed by atoms with Gasteiger partial charge in [-0.1, -0.05) is 37.3 Å². The summed E-state index contributed by atoms with van der Waals surface area (Å²) in [5.41, 5.74) is 1.40. The first kappa shape index (κ1) is 10.7. The van der Waals surface area contributed by atoms with Crippen LogP contribution in [0.4, 0.5) is 0 Å². The van der Waals surface area contributed by atoms with E-state index in [2.05, 4.69) is 42.2 Å². The first-order chi connectivity index (χ1) is 7.38. The highest BCUT2D eigenvalue weighted by molar-refractivity contribution is 5.14. The van der Waals surface area contributed by atoms with Crippen molar-refractivity contribution in [3.8, 4) is 0 Å². The molecule has 0 radical (unpaired) electrons. The molecule has 0 aliphatic carbocycles. The van der Waals surface area contributed by atoms with E-state index in [1.165, 1.54) is 5.56 Å². The molecule has 0 amide bonds. The summed E-state index contributed by atoms with van der Waals surface area (Å²) >= 11 is 0. The maximum Gasteiger partial charge on any atom is 0.0700 e. The number of ether oxygens (including phenoxy) is 1. The smallest absolute Gasteiger partial charge is 0.0700 e. The Balaban J connectivity index is 1.89. The van der Waals surface area contributed by atoms with Gasteiger partial charge in [-0.2, -0.15) is 0 Å². The van der Waals surface area contributed by atoms with Crippen molar-refractivity contribution >= 4 is 0 Å². The second kappa shape index (κ2) is 5.29. The van der Waals surface area contributed by atoms with E-state index < -0.39 is 0 Å². The lowest BCUT2D eigenvalue weighted by molar-refractivity contribution is -0.0324. The molecule has 1 aromatic rings. The fourth-order valence-corrected chi connectivity index (χ4v) is 2.01. The summed E-state index contributed by atoms with van der Waals surface area (Å²) in [4.78, 5) is 2.48. The molecule has 2 heteroatoms. The normalized spacial score (nSPS) is 22.9. The van der Waals surface area contributed by atoms with Crippen LogP contribution >= 0.6 is 0 Å². The van der Waals surface area contributed by atoms with Crippen molar-refractivity contribution < 1.29 is 4.74 Å². The zero-order valence-corrected chi connectivity index (χ0v) is 9.36. The van der Waals surface area contributed by atoms with Gasteiger partial charge in [-0.05, 0) is 12.0 Å². The van der Waals surface area contributed by atoms with Gasteiger partial charge in [0, 0.05) is 19.6 Å². The zero-order valence-electron chi connectivity index (χ0n) is 9.36. The van der Waals surface area contributed by atoms with Gasteiger partial charge >= 0.3 is 0 Å². The maximum absolute atomic E-state index is 5.65. The average Bonchev–Trinajstić information content (AvgIpc) is 2.31. The molecule has 1 saturated heterocycles. The number of hydrogen-bond donors (Lipinski definition) is 0. The second-order valence-corrected chi connectivity index (χ2v) is 4.12. The Bertz CT molecular complexity index is 286. The van der Waals surface area contributed by atoms with E-state index in [1.807, 2.05) is 0 Å². The first-order valence-electron chi connectivity index (χ1n) is 5.76. The highest BCUT2D eigenvalue weighted by Crippen LogP contribution is 2.11. The van der Waals surface area contributed by atoms with E-state index in [1.54, 1.807) is 0 Å². The highest BCUT2D eigenvalue weighted by atomic mass is 16.5. The lowest BCUT2D eigenvalue weighted by Gasteiger charge is -2.32. The van der Waals surface area contributed by atoms with Gasteiger partial charge in [0.15, 0.2) is 0 Å². The van der Waals surface area contributed by atoms with Crippen LogP contribution in [-0.4, -0.2) is 30.7 Å². The number of benzene rings is 1. The molecule has 1 aromatic carbocycles. The lowest BCUT2D eigenvalue weighted by atomic mass is 10.1. The predicted molar refractivity (Wildman–Crippen MR) is 61.8 cm³/mol. The molecule has 2 nitrogen and oxygen atoms in total. The summed E-state index contributed by atoms with van der Waals surface area (Å²) in [7, 11) is 0. The van der Waals surface area contributed by atoms with Crippen LogP contribution in [0.2, 0.25) is 0 Å². The monoisotopic (exact) mass is 205 g/mol. The molecule has 0 bridgehead atoms. The Morgan fingerprint density at radius 3 is 2.87 bits per heavy atom. The van der Waals surface area contributed by atoms with Gasteiger partial charge in [0.1, 0.15) is 0 Å². The van der Waals surface area contributed by atoms with Crippen molar-refractivity contribution in [3.63, 3.8) is 0 Å². The van der Waals surface area contributed by atoms with Gasteiger partial charge in [-0.15, -0.1) is 0 Å². The number of rotatable bonds is 3. The molecule has 1 aliphatic rings. The van der Waals surface area contributed by atoms with E-state index in [9.17, 15) is 0 Å². The quantitative estimate of drug-likeness (QED) is 0.750. The minimum Gasteiger partial charge on any atom is -0.376 e. The summed E-state index contributed by atoms with van der Waals surface area (Å²) in [6.07, 6.45) is 1.55. The molecule has 1 heterocycles. The van der Waals surface area contributed by atoms with Crippen LogP contribution in [0, 0.1) is 0 Å². The van der Waals surface area contributed by atoms with Crippen LogP contribution in [0.15, 0.2) is 30.3 Å². The fourth-order valence-electron chi connectivity index (χ4n) is 2.01. The lowest BCUT2D eigenvalue weighted by Crippen LogP contribution is -2.41. The van der Waals surface area contributed by atoms with Crippen LogP contribution in [0.1, 0.15) is 18.9 Å². The summed E-state index contributed by atoms with van der Waals surface area (Å²) in [5, 5.41) is 0. The molecule has 82 valence electrons. The Morgan fingerprint density at radius 1 is 1.33 bits per heavy atom. The first-order valence-corrected chi connectivity index (χ1v) is 5.76. The minimum absolute atomic E-state index is 0.433. The molecule has 1 atom stereocenters. The molecule has 15 heavy (non-hydrogen) atoms. The van der Waals surface area contributed by atoms with E-state index >= 15 is 0 Å². The number of hydrogen-bond acceptors (Lipinski definition) is 2. The average molecular weight is 205 g/mol. The summed E-state index contributed by atoms with van der Waals surface area (Å²) < 4.78 is 5.65. The van der Waals surface area contributed by atoms with Crippen molar-refractivity contribution in [1.29, 1.82) is 0 Å². The third-order valence-electron chi connectivity index (χ3n) is 2.93. The second-order valence-electron chi connectivity index (χ2n) is 4.12. The Hall–Kier alpha value is -0.860. The molecule has 1 aliphatic heterocycles. The summed E-state index contributed by atoms with van der Waals surface area (Å²) in [6, 6.07) is 10.7. The SMILES string of the molecule is CC[C@H]1CN(Cc2ccccc2)CCO1. The van der Waals surface area contributed by atoms with Gasteiger partial charge in [0.25, 0.3) is 0 Å². The molecule has 0 unspecified atom stereocenters. The molecular weight excluding hydrogens is 186 g/mol. The van der Waals surface area contributed by atoms with Gasteiger partial charge < -0.3 is 4.74 Å². The third-order valence-corrected chi connectivity index (χ3v) is 2.93. The predicted octanol–water partition coefficient (Wildman–Crippen LogP) is 2.30. The maximum atomic E-state index is 5.65. The van der Waals surface area contributed by atoms with Gasteiger partial charge in [0.05, 0.1) is 12.7 Å². The standard InChI is InChI=1S/C13H19NO/c1-2-13-11-14(8-9-15-13)10-12-6-4-3-5-7-12/h3-7,13H,2,8-11H2,1H3/t13-/m0/s1. The van der Waals surface area contributed by atoms with E-state index in [-0.39, 0.29) is 0 Å². The van der Waals surface area contributed by atoms with Crippen LogP contribution in [0.25, 0.3) is 0 Å². The number of nitrogens with zero attached hydrogens (tertiary/aromatic N) is 1. The van der Waals surface area contributed by atoms with Crippen LogP contribution in [-0.2, 0) is 11.3 Å². The Morgan fingerprint density at radius 2 is 2.13 bits per heavy atom. The molecule has 1 fully saturated rings. The molecule has 0 saturated carbocycles. The molecular formula is C13H19NO. The molecule has 0 spiro atoms. The fraction of sp³-hybridized carbons (Fsp3) is 0.538. The zero-order chi connectivity index (χ0) is 10.5. The minimum atomic E-state index is 0.433. The third kappa shape index (κ3) is 3.05. The van der Waals surface area contributed by atoms with Gasteiger partial charge in [-0.3, -0.25) is 4.90 Å². The van der Waals surface area contributed by atoms with Crippen molar-refractivity contribution in [3.05, 3.63) is 35.9 Å². The van der Waals surface area contributed by atoms with Crippen LogP contribution in [0.5, 0.6) is 0 Å². The van der Waals surface area contributed by atoms with Crippen molar-refractivity contribution in [2.75, 3.05) is 19.7 Å². The molecule has 0 aromatic heterocycles. The van der Waals surface area contributed by atoms with Crippen molar-refractivity contribution in [1.82, 2.24) is 4.90 Å². The topological polar surface area (TPSA) is 12.5 Å². The Labute approximate surface area is 91.9 Å².